The molecular weight excluding hydrogens is 212 g/mol. The second kappa shape index (κ2) is 3.86. The highest BCUT2D eigenvalue weighted by atomic mass is 16.3. The molecule has 0 aliphatic carbocycles. The number of aryl methyl sites for hydroxylation is 1. The molecule has 2 heterocycles. The predicted octanol–water partition coefficient (Wildman–Crippen LogP) is 2.26. The lowest BCUT2D eigenvalue weighted by Crippen LogP contribution is -1.94. The molecule has 0 fully saturated rings. The summed E-state index contributed by atoms with van der Waals surface area (Å²) in [6.45, 7) is 0.142. The number of aromatic nitrogens is 2. The van der Waals surface area contributed by atoms with E-state index < -0.39 is 0 Å². The molecule has 0 aliphatic rings. The maximum atomic E-state index is 8.97. The Morgan fingerprint density at radius 2 is 2.00 bits per heavy atom. The number of rotatable bonds is 2. The van der Waals surface area contributed by atoms with Gasteiger partial charge in [-0.2, -0.15) is 0 Å². The quantitative estimate of drug-likeness (QED) is 0.728. The standard InChI is InChI=1S/C14H14N2O/c1-16-13-5-3-2-4-11(13)12-8-10(6-7-17)15-9-14(12)16/h2-5,8-9,17H,6-7H2,1H3. The van der Waals surface area contributed by atoms with E-state index in [2.05, 4.69) is 34.8 Å². The van der Waals surface area contributed by atoms with Gasteiger partial charge in [0.2, 0.25) is 0 Å². The minimum absolute atomic E-state index is 0.142. The number of pyridine rings is 1. The Morgan fingerprint density at radius 1 is 1.18 bits per heavy atom. The molecule has 0 saturated carbocycles. The Kier molecular flexibility index (Phi) is 2.34. The zero-order valence-corrected chi connectivity index (χ0v) is 9.72. The van der Waals surface area contributed by atoms with Gasteiger partial charge in [-0.05, 0) is 12.1 Å². The molecular formula is C14H14N2O. The van der Waals surface area contributed by atoms with Gasteiger partial charge in [-0.15, -0.1) is 0 Å². The Morgan fingerprint density at radius 3 is 2.82 bits per heavy atom. The average Bonchev–Trinajstić information content (AvgIpc) is 2.65. The molecule has 1 N–H and O–H groups in total. The van der Waals surface area contributed by atoms with Crippen LogP contribution in [0.3, 0.4) is 0 Å². The normalized spacial score (nSPS) is 11.4. The highest BCUT2D eigenvalue weighted by molar-refractivity contribution is 6.07. The summed E-state index contributed by atoms with van der Waals surface area (Å²) in [7, 11) is 2.05. The van der Waals surface area contributed by atoms with Crippen molar-refractivity contribution in [1.82, 2.24) is 9.55 Å². The number of para-hydroxylation sites is 1. The first-order valence-corrected chi connectivity index (χ1v) is 5.74. The molecule has 17 heavy (non-hydrogen) atoms. The lowest BCUT2D eigenvalue weighted by atomic mass is 10.1. The number of hydrogen-bond acceptors (Lipinski definition) is 2. The minimum atomic E-state index is 0.142. The van der Waals surface area contributed by atoms with Crippen LogP contribution in [-0.2, 0) is 13.5 Å². The van der Waals surface area contributed by atoms with Gasteiger partial charge in [0.15, 0.2) is 0 Å². The van der Waals surface area contributed by atoms with Gasteiger partial charge in [-0.1, -0.05) is 18.2 Å². The zero-order chi connectivity index (χ0) is 11.8. The summed E-state index contributed by atoms with van der Waals surface area (Å²) in [5.74, 6) is 0. The molecule has 0 atom stereocenters. The molecule has 0 spiro atoms. The van der Waals surface area contributed by atoms with Gasteiger partial charge in [-0.25, -0.2) is 0 Å². The van der Waals surface area contributed by atoms with E-state index in [0.29, 0.717) is 6.42 Å². The Balaban J connectivity index is 2.38. The summed E-state index contributed by atoms with van der Waals surface area (Å²) in [5, 5.41) is 11.4. The number of fused-ring (bicyclic) bond motifs is 3. The van der Waals surface area contributed by atoms with Crippen molar-refractivity contribution < 1.29 is 5.11 Å². The van der Waals surface area contributed by atoms with Gasteiger partial charge >= 0.3 is 0 Å². The summed E-state index contributed by atoms with van der Waals surface area (Å²) < 4.78 is 2.15. The summed E-state index contributed by atoms with van der Waals surface area (Å²) >= 11 is 0. The molecule has 0 radical (unpaired) electrons. The van der Waals surface area contributed by atoms with Crippen LogP contribution in [0.2, 0.25) is 0 Å². The number of aliphatic hydroxyl groups is 1. The fourth-order valence-corrected chi connectivity index (χ4v) is 2.35. The molecule has 0 bridgehead atoms. The van der Waals surface area contributed by atoms with E-state index in [0.717, 1.165) is 11.2 Å². The molecule has 3 nitrogen and oxygen atoms in total. The van der Waals surface area contributed by atoms with Crippen molar-refractivity contribution >= 4 is 21.8 Å². The first kappa shape index (κ1) is 10.3. The van der Waals surface area contributed by atoms with E-state index in [-0.39, 0.29) is 6.61 Å². The second-order valence-corrected chi connectivity index (χ2v) is 4.24. The van der Waals surface area contributed by atoms with Crippen LogP contribution >= 0.6 is 0 Å². The Bertz CT molecular complexity index is 685. The second-order valence-electron chi connectivity index (χ2n) is 4.24. The third kappa shape index (κ3) is 1.51. The van der Waals surface area contributed by atoms with Crippen LogP contribution < -0.4 is 0 Å². The van der Waals surface area contributed by atoms with E-state index in [1.54, 1.807) is 0 Å². The molecule has 0 amide bonds. The molecule has 3 aromatic rings. The van der Waals surface area contributed by atoms with Crippen LogP contribution in [0.15, 0.2) is 36.5 Å². The summed E-state index contributed by atoms with van der Waals surface area (Å²) in [6, 6.07) is 10.4. The molecule has 0 unspecified atom stereocenters. The molecule has 86 valence electrons. The van der Waals surface area contributed by atoms with Crippen molar-refractivity contribution in [3.05, 3.63) is 42.2 Å². The summed E-state index contributed by atoms with van der Waals surface area (Å²) in [6.07, 6.45) is 2.50. The first-order chi connectivity index (χ1) is 8.31. The topological polar surface area (TPSA) is 38.0 Å². The highest BCUT2D eigenvalue weighted by Gasteiger charge is 2.08. The van der Waals surface area contributed by atoms with Crippen molar-refractivity contribution in [2.45, 2.75) is 6.42 Å². The van der Waals surface area contributed by atoms with Crippen LogP contribution in [0, 0.1) is 0 Å². The SMILES string of the molecule is Cn1c2ccccc2c2cc(CCO)ncc21. The largest absolute Gasteiger partial charge is 0.396 e. The van der Waals surface area contributed by atoms with Crippen molar-refractivity contribution in [2.24, 2.45) is 7.05 Å². The molecule has 0 aliphatic heterocycles. The fourth-order valence-electron chi connectivity index (χ4n) is 2.35. The smallest absolute Gasteiger partial charge is 0.0675 e. The molecule has 0 saturated heterocycles. The van der Waals surface area contributed by atoms with Gasteiger partial charge < -0.3 is 9.67 Å². The fraction of sp³-hybridized carbons (Fsp3) is 0.214. The number of hydrogen-bond donors (Lipinski definition) is 1. The van der Waals surface area contributed by atoms with E-state index in [4.69, 9.17) is 5.11 Å². The zero-order valence-electron chi connectivity index (χ0n) is 9.72. The van der Waals surface area contributed by atoms with Crippen LogP contribution in [0.4, 0.5) is 0 Å². The van der Waals surface area contributed by atoms with Crippen molar-refractivity contribution in [1.29, 1.82) is 0 Å². The van der Waals surface area contributed by atoms with E-state index in [1.165, 1.54) is 16.3 Å². The average molecular weight is 226 g/mol. The van der Waals surface area contributed by atoms with E-state index >= 15 is 0 Å². The third-order valence-electron chi connectivity index (χ3n) is 3.22. The number of aliphatic hydroxyl groups excluding tert-OH is 1. The molecule has 1 aromatic carbocycles. The number of benzene rings is 1. The van der Waals surface area contributed by atoms with Crippen LogP contribution in [0.5, 0.6) is 0 Å². The van der Waals surface area contributed by atoms with Crippen molar-refractivity contribution in [3.8, 4) is 0 Å². The van der Waals surface area contributed by atoms with Gasteiger partial charge in [0.05, 0.1) is 11.7 Å². The summed E-state index contributed by atoms with van der Waals surface area (Å²) in [5.41, 5.74) is 3.29. The summed E-state index contributed by atoms with van der Waals surface area (Å²) in [4.78, 5) is 4.37. The van der Waals surface area contributed by atoms with E-state index in [9.17, 15) is 0 Å². The molecule has 3 rings (SSSR count). The lowest BCUT2D eigenvalue weighted by molar-refractivity contribution is 0.298. The molecule has 3 heteroatoms. The van der Waals surface area contributed by atoms with Crippen molar-refractivity contribution in [2.75, 3.05) is 6.61 Å². The van der Waals surface area contributed by atoms with Crippen LogP contribution in [0.1, 0.15) is 5.69 Å². The van der Waals surface area contributed by atoms with Crippen LogP contribution in [0.25, 0.3) is 21.8 Å². The Hall–Kier alpha value is -1.87. The van der Waals surface area contributed by atoms with Gasteiger partial charge in [0, 0.05) is 42.1 Å². The molecule has 2 aromatic heterocycles. The highest BCUT2D eigenvalue weighted by Crippen LogP contribution is 2.27. The minimum Gasteiger partial charge on any atom is -0.396 e. The maximum Gasteiger partial charge on any atom is 0.0675 e. The maximum absolute atomic E-state index is 8.97. The monoisotopic (exact) mass is 226 g/mol. The van der Waals surface area contributed by atoms with Crippen LogP contribution in [-0.4, -0.2) is 21.3 Å². The first-order valence-electron chi connectivity index (χ1n) is 5.74. The van der Waals surface area contributed by atoms with E-state index in [1.807, 2.05) is 18.3 Å². The Labute approximate surface area is 99.3 Å². The lowest BCUT2D eigenvalue weighted by Gasteiger charge is -1.99. The third-order valence-corrected chi connectivity index (χ3v) is 3.22. The van der Waals surface area contributed by atoms with Crippen molar-refractivity contribution in [3.63, 3.8) is 0 Å². The predicted molar refractivity (Wildman–Crippen MR) is 69.0 cm³/mol. The van der Waals surface area contributed by atoms with Gasteiger partial charge in [0.1, 0.15) is 0 Å². The van der Waals surface area contributed by atoms with Gasteiger partial charge in [-0.3, -0.25) is 4.98 Å². The van der Waals surface area contributed by atoms with Gasteiger partial charge in [0.25, 0.3) is 0 Å². The number of nitrogens with zero attached hydrogens (tertiary/aromatic N) is 2.